The summed E-state index contributed by atoms with van der Waals surface area (Å²) in [6, 6.07) is 7.10. The minimum Gasteiger partial charge on any atom is -0.467 e. The Bertz CT molecular complexity index is 514. The van der Waals surface area contributed by atoms with Crippen molar-refractivity contribution >= 4 is 17.6 Å². The maximum Gasteiger partial charge on any atom is 0.330 e. The summed E-state index contributed by atoms with van der Waals surface area (Å²) in [4.78, 5) is 15.0. The Balaban J connectivity index is 2.95. The molecule has 1 rings (SSSR count). The Hall–Kier alpha value is -1.75. The second-order valence-corrected chi connectivity index (χ2v) is 4.93. The number of rotatable bonds is 8. The van der Waals surface area contributed by atoms with Gasteiger partial charge < -0.3 is 4.74 Å². The van der Waals surface area contributed by atoms with Crippen molar-refractivity contribution in [1.29, 1.82) is 0 Å². The van der Waals surface area contributed by atoms with Crippen molar-refractivity contribution < 1.29 is 9.53 Å². The number of carbonyl (C=O) groups excluding carboxylic acids is 1. The highest BCUT2D eigenvalue weighted by molar-refractivity contribution is 6.30. The van der Waals surface area contributed by atoms with E-state index in [1.807, 2.05) is 19.1 Å². The van der Waals surface area contributed by atoms with Crippen LogP contribution in [-0.4, -0.2) is 26.2 Å². The molecule has 21 heavy (non-hydrogen) atoms. The standard InChI is InChI=1S/C14H19ClN4O2/c1-3-14(13(20)21-2,17-9-4-10-18-19-16)11-5-7-12(15)8-6-11/h5-8,17H,3-4,9-10H2,1-2H3. The van der Waals surface area contributed by atoms with Gasteiger partial charge >= 0.3 is 5.97 Å². The molecule has 0 aromatic heterocycles. The highest BCUT2D eigenvalue weighted by atomic mass is 35.5. The van der Waals surface area contributed by atoms with Crippen LogP contribution in [0, 0.1) is 0 Å². The van der Waals surface area contributed by atoms with E-state index in [0.29, 0.717) is 31.0 Å². The summed E-state index contributed by atoms with van der Waals surface area (Å²) in [6.07, 6.45) is 1.17. The fourth-order valence-corrected chi connectivity index (χ4v) is 2.30. The van der Waals surface area contributed by atoms with Crippen LogP contribution in [0.4, 0.5) is 0 Å². The van der Waals surface area contributed by atoms with Gasteiger partial charge in [-0.25, -0.2) is 4.79 Å². The number of esters is 1. The van der Waals surface area contributed by atoms with Crippen LogP contribution >= 0.6 is 11.6 Å². The van der Waals surface area contributed by atoms with Crippen LogP contribution in [0.3, 0.4) is 0 Å². The molecule has 6 nitrogen and oxygen atoms in total. The van der Waals surface area contributed by atoms with Crippen molar-refractivity contribution in [3.63, 3.8) is 0 Å². The Morgan fingerprint density at radius 1 is 1.48 bits per heavy atom. The van der Waals surface area contributed by atoms with Crippen LogP contribution in [0.15, 0.2) is 29.4 Å². The van der Waals surface area contributed by atoms with Gasteiger partial charge in [-0.1, -0.05) is 35.8 Å². The molecule has 1 unspecified atom stereocenters. The van der Waals surface area contributed by atoms with Gasteiger partial charge in [-0.3, -0.25) is 5.32 Å². The number of carbonyl (C=O) groups is 1. The molecule has 0 saturated heterocycles. The number of ether oxygens (including phenoxy) is 1. The molecule has 0 aliphatic rings. The second kappa shape index (κ2) is 8.52. The lowest BCUT2D eigenvalue weighted by Crippen LogP contribution is -2.50. The first-order valence-electron chi connectivity index (χ1n) is 6.71. The predicted molar refractivity (Wildman–Crippen MR) is 82.1 cm³/mol. The monoisotopic (exact) mass is 310 g/mol. The number of benzene rings is 1. The summed E-state index contributed by atoms with van der Waals surface area (Å²) in [5.41, 5.74) is 8.13. The quantitative estimate of drug-likeness (QED) is 0.262. The minimum absolute atomic E-state index is 0.351. The predicted octanol–water partition coefficient (Wildman–Crippen LogP) is 3.41. The molecule has 0 radical (unpaired) electrons. The molecule has 7 heteroatoms. The average molecular weight is 311 g/mol. The molecule has 0 bridgehead atoms. The normalized spacial score (nSPS) is 13.1. The summed E-state index contributed by atoms with van der Waals surface area (Å²) < 4.78 is 4.95. The number of hydrogen-bond donors (Lipinski definition) is 1. The number of azide groups is 1. The van der Waals surface area contributed by atoms with E-state index in [-0.39, 0.29) is 5.97 Å². The summed E-state index contributed by atoms with van der Waals surface area (Å²) in [5.74, 6) is -0.351. The zero-order valence-corrected chi connectivity index (χ0v) is 12.9. The van der Waals surface area contributed by atoms with Crippen LogP contribution in [0.25, 0.3) is 10.4 Å². The Morgan fingerprint density at radius 2 is 2.14 bits per heavy atom. The first-order chi connectivity index (χ1) is 10.1. The van der Waals surface area contributed by atoms with Crippen molar-refractivity contribution in [3.05, 3.63) is 45.3 Å². The van der Waals surface area contributed by atoms with Crippen LogP contribution in [0.1, 0.15) is 25.3 Å². The molecule has 0 spiro atoms. The molecule has 0 fully saturated rings. The van der Waals surface area contributed by atoms with Crippen molar-refractivity contribution in [1.82, 2.24) is 5.32 Å². The van der Waals surface area contributed by atoms with E-state index in [1.54, 1.807) is 12.1 Å². The SMILES string of the molecule is CCC(NCCCN=[N+]=[N-])(C(=O)OC)c1ccc(Cl)cc1. The van der Waals surface area contributed by atoms with E-state index < -0.39 is 5.54 Å². The molecular weight excluding hydrogens is 292 g/mol. The minimum atomic E-state index is -0.921. The molecule has 0 aliphatic heterocycles. The third-order valence-electron chi connectivity index (χ3n) is 3.33. The molecule has 0 amide bonds. The lowest BCUT2D eigenvalue weighted by atomic mass is 9.87. The van der Waals surface area contributed by atoms with Crippen molar-refractivity contribution in [2.45, 2.75) is 25.3 Å². The van der Waals surface area contributed by atoms with E-state index in [4.69, 9.17) is 21.9 Å². The molecule has 1 N–H and O–H groups in total. The maximum absolute atomic E-state index is 12.3. The molecule has 114 valence electrons. The molecule has 1 aromatic carbocycles. The highest BCUT2D eigenvalue weighted by Gasteiger charge is 2.39. The largest absolute Gasteiger partial charge is 0.467 e. The zero-order chi connectivity index (χ0) is 15.7. The summed E-state index contributed by atoms with van der Waals surface area (Å²) >= 11 is 5.90. The van der Waals surface area contributed by atoms with Crippen LogP contribution in [-0.2, 0) is 15.1 Å². The molecular formula is C14H19ClN4O2. The number of nitrogens with zero attached hydrogens (tertiary/aromatic N) is 3. The van der Waals surface area contributed by atoms with Crippen LogP contribution in [0.2, 0.25) is 5.02 Å². The Morgan fingerprint density at radius 3 is 2.67 bits per heavy atom. The zero-order valence-electron chi connectivity index (χ0n) is 12.2. The van der Waals surface area contributed by atoms with Crippen LogP contribution in [0.5, 0.6) is 0 Å². The Kier molecular flexibility index (Phi) is 7.02. The van der Waals surface area contributed by atoms with Gasteiger partial charge in [-0.05, 0) is 42.6 Å². The van der Waals surface area contributed by atoms with Gasteiger partial charge in [0.2, 0.25) is 0 Å². The topological polar surface area (TPSA) is 87.1 Å². The van der Waals surface area contributed by atoms with Gasteiger partial charge in [0.15, 0.2) is 0 Å². The second-order valence-electron chi connectivity index (χ2n) is 4.49. The molecule has 0 saturated carbocycles. The van der Waals surface area contributed by atoms with Crippen molar-refractivity contribution in [2.24, 2.45) is 5.11 Å². The van der Waals surface area contributed by atoms with Crippen molar-refractivity contribution in [3.8, 4) is 0 Å². The van der Waals surface area contributed by atoms with Gasteiger partial charge in [0.25, 0.3) is 0 Å². The van der Waals surface area contributed by atoms with E-state index >= 15 is 0 Å². The van der Waals surface area contributed by atoms with Gasteiger partial charge in [0.1, 0.15) is 5.54 Å². The summed E-state index contributed by atoms with van der Waals surface area (Å²) in [7, 11) is 1.37. The van der Waals surface area contributed by atoms with Crippen LogP contribution < -0.4 is 5.32 Å². The number of nitrogens with one attached hydrogen (secondary N) is 1. The summed E-state index contributed by atoms with van der Waals surface area (Å²) in [6.45, 7) is 2.82. The lowest BCUT2D eigenvalue weighted by Gasteiger charge is -2.31. The van der Waals surface area contributed by atoms with Crippen molar-refractivity contribution in [2.75, 3.05) is 20.2 Å². The number of halogens is 1. The highest BCUT2D eigenvalue weighted by Crippen LogP contribution is 2.28. The molecule has 1 aromatic rings. The molecule has 0 aliphatic carbocycles. The van der Waals surface area contributed by atoms with E-state index in [0.717, 1.165) is 5.56 Å². The summed E-state index contributed by atoms with van der Waals surface area (Å²) in [5, 5.41) is 7.31. The van der Waals surface area contributed by atoms with Gasteiger partial charge in [-0.2, -0.15) is 0 Å². The van der Waals surface area contributed by atoms with E-state index in [2.05, 4.69) is 15.3 Å². The smallest absolute Gasteiger partial charge is 0.330 e. The van der Waals surface area contributed by atoms with Gasteiger partial charge in [0, 0.05) is 16.5 Å². The fraction of sp³-hybridized carbons (Fsp3) is 0.500. The Labute approximate surface area is 129 Å². The van der Waals surface area contributed by atoms with E-state index in [9.17, 15) is 4.79 Å². The number of hydrogen-bond acceptors (Lipinski definition) is 4. The first kappa shape index (κ1) is 17.3. The lowest BCUT2D eigenvalue weighted by molar-refractivity contribution is -0.149. The average Bonchev–Trinajstić information content (AvgIpc) is 2.51. The first-order valence-corrected chi connectivity index (χ1v) is 7.09. The van der Waals surface area contributed by atoms with E-state index in [1.165, 1.54) is 7.11 Å². The van der Waals surface area contributed by atoms with Gasteiger partial charge in [0.05, 0.1) is 7.11 Å². The van der Waals surface area contributed by atoms with Gasteiger partial charge in [-0.15, -0.1) is 0 Å². The number of methoxy groups -OCH3 is 1. The third-order valence-corrected chi connectivity index (χ3v) is 3.58. The fourth-order valence-electron chi connectivity index (χ4n) is 2.17. The molecule has 0 heterocycles. The molecule has 1 atom stereocenters. The maximum atomic E-state index is 12.3. The third kappa shape index (κ3) is 4.36.